The first-order valence-electron chi connectivity index (χ1n) is 8.97. The Hall–Kier alpha value is -2.81. The third kappa shape index (κ3) is 5.35. The van der Waals surface area contributed by atoms with E-state index < -0.39 is 11.9 Å². The van der Waals surface area contributed by atoms with Gasteiger partial charge in [-0.25, -0.2) is 0 Å². The van der Waals surface area contributed by atoms with Crippen LogP contribution in [0.2, 0.25) is 0 Å². The topological polar surface area (TPSA) is 91.2 Å². The second-order valence-corrected chi connectivity index (χ2v) is 6.29. The normalized spacial score (nSPS) is 14.6. The van der Waals surface area contributed by atoms with Crippen LogP contribution in [0.5, 0.6) is 0 Å². The highest BCUT2D eigenvalue weighted by molar-refractivity contribution is 5.97. The van der Waals surface area contributed by atoms with Gasteiger partial charge in [-0.1, -0.05) is 18.2 Å². The smallest absolute Gasteiger partial charge is 0.325 e. The third-order valence-corrected chi connectivity index (χ3v) is 4.38. The monoisotopic (exact) mass is 355 g/mol. The molecule has 1 aromatic carbocycles. The number of hydrogen-bond acceptors (Lipinski definition) is 5. The van der Waals surface area contributed by atoms with Gasteiger partial charge < -0.3 is 15.4 Å². The number of ether oxygens (including phenoxy) is 1. The largest absolute Gasteiger partial charge is 0.465 e. The number of nitrogens with one attached hydrogen (secondary N) is 2. The Morgan fingerprint density at radius 1 is 1.31 bits per heavy atom. The van der Waals surface area contributed by atoms with Crippen molar-refractivity contribution in [3.63, 3.8) is 0 Å². The Labute approximate surface area is 154 Å². The standard InChI is InChI=1S/C20H25N3O3/c1-3-26-19(24)13-22-12-18(11-21)20(25)23-14(2)16-9-8-15-6-4-5-7-17(15)10-16/h8-10,12,14,22H,3-7,13H2,1-2H3,(H,23,25)/b18-12-. The number of benzene rings is 1. The van der Waals surface area contributed by atoms with Gasteiger partial charge in [0.05, 0.1) is 12.6 Å². The van der Waals surface area contributed by atoms with E-state index in [9.17, 15) is 14.9 Å². The van der Waals surface area contributed by atoms with Crippen molar-refractivity contribution in [3.8, 4) is 6.07 Å². The van der Waals surface area contributed by atoms with E-state index in [2.05, 4.69) is 22.8 Å². The lowest BCUT2D eigenvalue weighted by molar-refractivity contribution is -0.141. The minimum atomic E-state index is -0.478. The van der Waals surface area contributed by atoms with Crippen LogP contribution >= 0.6 is 0 Å². The summed E-state index contributed by atoms with van der Waals surface area (Å²) in [5.74, 6) is -0.919. The molecule has 0 fully saturated rings. The molecule has 1 unspecified atom stereocenters. The Morgan fingerprint density at radius 2 is 2.04 bits per heavy atom. The fourth-order valence-corrected chi connectivity index (χ4v) is 2.98. The first-order chi connectivity index (χ1) is 12.5. The van der Waals surface area contributed by atoms with Gasteiger partial charge in [-0.15, -0.1) is 0 Å². The summed E-state index contributed by atoms with van der Waals surface area (Å²) in [6.07, 6.45) is 5.86. The Kier molecular flexibility index (Phi) is 7.22. The highest BCUT2D eigenvalue weighted by Crippen LogP contribution is 2.24. The number of amides is 1. The summed E-state index contributed by atoms with van der Waals surface area (Å²) in [5, 5.41) is 14.6. The molecule has 2 rings (SSSR count). The maximum atomic E-state index is 12.3. The van der Waals surface area contributed by atoms with Crippen LogP contribution in [0.1, 0.15) is 49.4 Å². The molecule has 0 saturated heterocycles. The molecule has 0 aliphatic heterocycles. The van der Waals surface area contributed by atoms with E-state index in [1.54, 1.807) is 6.92 Å². The lowest BCUT2D eigenvalue weighted by Gasteiger charge is -2.20. The predicted molar refractivity (Wildman–Crippen MR) is 98.0 cm³/mol. The van der Waals surface area contributed by atoms with Crippen LogP contribution in [-0.2, 0) is 27.2 Å². The van der Waals surface area contributed by atoms with Crippen molar-refractivity contribution in [1.29, 1.82) is 5.26 Å². The van der Waals surface area contributed by atoms with Gasteiger partial charge in [0.2, 0.25) is 0 Å². The van der Waals surface area contributed by atoms with Gasteiger partial charge in [0, 0.05) is 6.20 Å². The number of esters is 1. The molecule has 0 spiro atoms. The SMILES string of the molecule is CCOC(=O)CN/C=C(/C#N)C(=O)NC(C)c1ccc2c(c1)CCCC2. The number of fused-ring (bicyclic) bond motifs is 1. The van der Waals surface area contributed by atoms with Gasteiger partial charge in [-0.05, 0) is 56.2 Å². The summed E-state index contributed by atoms with van der Waals surface area (Å²) >= 11 is 0. The molecule has 1 amide bonds. The summed E-state index contributed by atoms with van der Waals surface area (Å²) in [4.78, 5) is 23.6. The van der Waals surface area contributed by atoms with E-state index in [-0.39, 0.29) is 24.8 Å². The van der Waals surface area contributed by atoms with Crippen molar-refractivity contribution in [2.45, 2.75) is 45.6 Å². The highest BCUT2D eigenvalue weighted by Gasteiger charge is 2.16. The molecule has 26 heavy (non-hydrogen) atoms. The summed E-state index contributed by atoms with van der Waals surface area (Å²) in [5.41, 5.74) is 3.68. The van der Waals surface area contributed by atoms with E-state index in [1.165, 1.54) is 30.2 Å². The molecule has 0 radical (unpaired) electrons. The average molecular weight is 355 g/mol. The zero-order chi connectivity index (χ0) is 18.9. The number of aryl methyl sites for hydroxylation is 2. The van der Waals surface area contributed by atoms with E-state index in [0.717, 1.165) is 18.4 Å². The first-order valence-corrected chi connectivity index (χ1v) is 8.97. The van der Waals surface area contributed by atoms with E-state index in [0.29, 0.717) is 0 Å². The number of rotatable bonds is 7. The van der Waals surface area contributed by atoms with Gasteiger partial charge in [-0.3, -0.25) is 9.59 Å². The molecular weight excluding hydrogens is 330 g/mol. The van der Waals surface area contributed by atoms with Gasteiger partial charge >= 0.3 is 5.97 Å². The lowest BCUT2D eigenvalue weighted by atomic mass is 9.89. The van der Waals surface area contributed by atoms with Crippen LogP contribution < -0.4 is 10.6 Å². The van der Waals surface area contributed by atoms with Gasteiger partial charge in [0.15, 0.2) is 0 Å². The van der Waals surface area contributed by atoms with Crippen LogP contribution in [0, 0.1) is 11.3 Å². The molecule has 0 bridgehead atoms. The number of nitriles is 1. The molecule has 6 heteroatoms. The van der Waals surface area contributed by atoms with Crippen molar-refractivity contribution >= 4 is 11.9 Å². The molecule has 1 atom stereocenters. The molecule has 0 heterocycles. The minimum Gasteiger partial charge on any atom is -0.465 e. The summed E-state index contributed by atoms with van der Waals surface area (Å²) in [6, 6.07) is 7.95. The van der Waals surface area contributed by atoms with Gasteiger partial charge in [0.25, 0.3) is 5.91 Å². The molecule has 1 aliphatic carbocycles. The molecule has 138 valence electrons. The van der Waals surface area contributed by atoms with E-state index in [1.807, 2.05) is 19.1 Å². The van der Waals surface area contributed by atoms with Crippen LogP contribution in [-0.4, -0.2) is 25.0 Å². The molecule has 0 saturated carbocycles. The third-order valence-electron chi connectivity index (χ3n) is 4.38. The summed E-state index contributed by atoms with van der Waals surface area (Å²) < 4.78 is 4.77. The molecule has 0 aromatic heterocycles. The van der Waals surface area contributed by atoms with Crippen molar-refractivity contribution in [3.05, 3.63) is 46.7 Å². The molecule has 6 nitrogen and oxygen atoms in total. The maximum Gasteiger partial charge on any atom is 0.325 e. The second kappa shape index (κ2) is 9.62. The number of carbonyl (C=O) groups excluding carboxylic acids is 2. The van der Waals surface area contributed by atoms with Gasteiger partial charge in [0.1, 0.15) is 18.2 Å². The zero-order valence-corrected chi connectivity index (χ0v) is 15.3. The lowest BCUT2D eigenvalue weighted by Crippen LogP contribution is -2.29. The molecular formula is C20H25N3O3. The van der Waals surface area contributed by atoms with Crippen molar-refractivity contribution in [1.82, 2.24) is 10.6 Å². The second-order valence-electron chi connectivity index (χ2n) is 6.29. The number of nitrogens with zero attached hydrogens (tertiary/aromatic N) is 1. The number of hydrogen-bond donors (Lipinski definition) is 2. The summed E-state index contributed by atoms with van der Waals surface area (Å²) in [6.45, 7) is 3.80. The van der Waals surface area contributed by atoms with Crippen LogP contribution in [0.25, 0.3) is 0 Å². The Balaban J connectivity index is 1.96. The Morgan fingerprint density at radius 3 is 2.73 bits per heavy atom. The first kappa shape index (κ1) is 19.5. The molecule has 1 aromatic rings. The van der Waals surface area contributed by atoms with Crippen LogP contribution in [0.15, 0.2) is 30.0 Å². The highest BCUT2D eigenvalue weighted by atomic mass is 16.5. The molecule has 2 N–H and O–H groups in total. The number of carbonyl (C=O) groups is 2. The van der Waals surface area contributed by atoms with Crippen molar-refractivity contribution in [2.24, 2.45) is 0 Å². The maximum absolute atomic E-state index is 12.3. The molecule has 1 aliphatic rings. The average Bonchev–Trinajstić information content (AvgIpc) is 2.64. The van der Waals surface area contributed by atoms with E-state index >= 15 is 0 Å². The fraction of sp³-hybridized carbons (Fsp3) is 0.450. The van der Waals surface area contributed by atoms with Gasteiger partial charge in [-0.2, -0.15) is 5.26 Å². The van der Waals surface area contributed by atoms with Crippen molar-refractivity contribution < 1.29 is 14.3 Å². The van der Waals surface area contributed by atoms with Crippen LogP contribution in [0.3, 0.4) is 0 Å². The van der Waals surface area contributed by atoms with Crippen molar-refractivity contribution in [2.75, 3.05) is 13.2 Å². The summed E-state index contributed by atoms with van der Waals surface area (Å²) in [7, 11) is 0. The quantitative estimate of drug-likeness (QED) is 0.445. The minimum absolute atomic E-state index is 0.0842. The Bertz CT molecular complexity index is 734. The van der Waals surface area contributed by atoms with Crippen LogP contribution in [0.4, 0.5) is 0 Å². The zero-order valence-electron chi connectivity index (χ0n) is 15.3. The predicted octanol–water partition coefficient (Wildman–Crippen LogP) is 2.30. The van der Waals surface area contributed by atoms with E-state index in [4.69, 9.17) is 4.74 Å². The fourth-order valence-electron chi connectivity index (χ4n) is 2.98.